The molecule has 5 heteroatoms. The van der Waals surface area contributed by atoms with Crippen LogP contribution >= 0.6 is 11.3 Å². The van der Waals surface area contributed by atoms with Gasteiger partial charge in [0, 0.05) is 12.5 Å². The van der Waals surface area contributed by atoms with Gasteiger partial charge in [0.1, 0.15) is 11.1 Å². The molecule has 0 aliphatic carbocycles. The van der Waals surface area contributed by atoms with Crippen LogP contribution < -0.4 is 0 Å². The summed E-state index contributed by atoms with van der Waals surface area (Å²) in [7, 11) is 1.68. The van der Waals surface area contributed by atoms with Crippen molar-refractivity contribution in [2.75, 3.05) is 13.7 Å². The molecule has 0 fully saturated rings. The van der Waals surface area contributed by atoms with E-state index in [0.29, 0.717) is 6.61 Å². The summed E-state index contributed by atoms with van der Waals surface area (Å²) in [5, 5.41) is 2.80. The number of carbonyl (C=O) groups excluding carboxylic acids is 1. The van der Waals surface area contributed by atoms with E-state index < -0.39 is 0 Å². The van der Waals surface area contributed by atoms with Crippen molar-refractivity contribution in [2.45, 2.75) is 40.2 Å². The fourth-order valence-corrected chi connectivity index (χ4v) is 2.85. The zero-order valence-electron chi connectivity index (χ0n) is 11.6. The first-order valence-corrected chi connectivity index (χ1v) is 6.89. The predicted molar refractivity (Wildman–Crippen MR) is 71.7 cm³/mol. The Hall–Kier alpha value is -0.940. The van der Waals surface area contributed by atoms with E-state index in [2.05, 4.69) is 25.8 Å². The van der Waals surface area contributed by atoms with Crippen molar-refractivity contribution in [1.29, 1.82) is 0 Å². The molecule has 0 aromatic carbocycles. The third-order valence-electron chi connectivity index (χ3n) is 2.45. The van der Waals surface area contributed by atoms with Crippen LogP contribution in [-0.2, 0) is 20.7 Å². The van der Waals surface area contributed by atoms with Gasteiger partial charge in [-0.3, -0.25) is 4.79 Å². The lowest BCUT2D eigenvalue weighted by Crippen LogP contribution is -2.20. The van der Waals surface area contributed by atoms with Gasteiger partial charge >= 0.3 is 5.97 Å². The summed E-state index contributed by atoms with van der Waals surface area (Å²) in [6.07, 6.45) is 0.170. The summed E-state index contributed by atoms with van der Waals surface area (Å²) in [5.74, 6) is -0.237. The average Bonchev–Trinajstić information content (AvgIpc) is 2.65. The van der Waals surface area contributed by atoms with Gasteiger partial charge in [-0.15, -0.1) is 11.3 Å². The van der Waals surface area contributed by atoms with Crippen molar-refractivity contribution in [2.24, 2.45) is 5.41 Å². The number of aromatic nitrogens is 1. The first-order valence-electron chi connectivity index (χ1n) is 6.01. The molecular weight excluding hydrogens is 250 g/mol. The minimum absolute atomic E-state index is 0.0200. The zero-order chi connectivity index (χ0) is 13.8. The van der Waals surface area contributed by atoms with Crippen molar-refractivity contribution in [3.8, 4) is 0 Å². The van der Waals surface area contributed by atoms with Gasteiger partial charge in [-0.2, -0.15) is 0 Å². The lowest BCUT2D eigenvalue weighted by atomic mass is 9.89. The zero-order valence-corrected chi connectivity index (χ0v) is 12.5. The fourth-order valence-electron chi connectivity index (χ4n) is 1.71. The standard InChI is InChI=1S/C13H21NO3S/c1-6-17-10(15)7-9-8-18-12(14-9)11(16-5)13(2,3)4/h8,11H,6-7H2,1-5H3. The van der Waals surface area contributed by atoms with Crippen molar-refractivity contribution >= 4 is 17.3 Å². The largest absolute Gasteiger partial charge is 0.466 e. The Morgan fingerprint density at radius 2 is 2.17 bits per heavy atom. The number of hydrogen-bond donors (Lipinski definition) is 0. The molecule has 0 amide bonds. The van der Waals surface area contributed by atoms with E-state index in [1.165, 1.54) is 11.3 Å². The number of hydrogen-bond acceptors (Lipinski definition) is 5. The highest BCUT2D eigenvalue weighted by atomic mass is 32.1. The van der Waals surface area contributed by atoms with Gasteiger partial charge in [0.25, 0.3) is 0 Å². The Morgan fingerprint density at radius 1 is 1.50 bits per heavy atom. The number of methoxy groups -OCH3 is 1. The van der Waals surface area contributed by atoms with Crippen LogP contribution in [0.3, 0.4) is 0 Å². The van der Waals surface area contributed by atoms with E-state index in [1.54, 1.807) is 14.0 Å². The molecule has 0 aliphatic heterocycles. The third kappa shape index (κ3) is 4.07. The average molecular weight is 271 g/mol. The molecule has 1 aromatic rings. The van der Waals surface area contributed by atoms with Crippen LogP contribution in [-0.4, -0.2) is 24.7 Å². The van der Waals surface area contributed by atoms with Gasteiger partial charge in [0.05, 0.1) is 18.7 Å². The highest BCUT2D eigenvalue weighted by Crippen LogP contribution is 2.36. The van der Waals surface area contributed by atoms with Gasteiger partial charge in [0.2, 0.25) is 0 Å². The summed E-state index contributed by atoms with van der Waals surface area (Å²) in [6.45, 7) is 8.51. The monoisotopic (exact) mass is 271 g/mol. The number of ether oxygens (including phenoxy) is 2. The summed E-state index contributed by atoms with van der Waals surface area (Å²) < 4.78 is 10.4. The van der Waals surface area contributed by atoms with E-state index >= 15 is 0 Å². The maximum Gasteiger partial charge on any atom is 0.311 e. The van der Waals surface area contributed by atoms with Crippen molar-refractivity contribution in [3.05, 3.63) is 16.1 Å². The minimum atomic E-state index is -0.237. The third-order valence-corrected chi connectivity index (χ3v) is 3.38. The SMILES string of the molecule is CCOC(=O)Cc1csc(C(OC)C(C)(C)C)n1. The van der Waals surface area contributed by atoms with E-state index in [9.17, 15) is 4.79 Å². The molecule has 0 N–H and O–H groups in total. The van der Waals surface area contributed by atoms with Crippen LogP contribution in [0.4, 0.5) is 0 Å². The Morgan fingerprint density at radius 3 is 2.67 bits per heavy atom. The molecule has 0 saturated heterocycles. The van der Waals surface area contributed by atoms with E-state index in [-0.39, 0.29) is 23.9 Å². The molecule has 18 heavy (non-hydrogen) atoms. The highest BCUT2D eigenvalue weighted by molar-refractivity contribution is 7.09. The van der Waals surface area contributed by atoms with Gasteiger partial charge in [-0.1, -0.05) is 20.8 Å². The van der Waals surface area contributed by atoms with Crippen LogP contribution in [0.1, 0.15) is 44.5 Å². The number of esters is 1. The molecule has 0 aliphatic rings. The molecule has 1 rings (SSSR count). The number of thiazole rings is 1. The first kappa shape index (κ1) is 15.1. The minimum Gasteiger partial charge on any atom is -0.466 e. The second kappa shape index (κ2) is 6.29. The number of carbonyl (C=O) groups is 1. The Bertz CT molecular complexity index is 395. The lowest BCUT2D eigenvalue weighted by Gasteiger charge is -2.27. The molecule has 1 unspecified atom stereocenters. The van der Waals surface area contributed by atoms with Crippen LogP contribution in [0.2, 0.25) is 0 Å². The van der Waals surface area contributed by atoms with E-state index in [4.69, 9.17) is 9.47 Å². The highest BCUT2D eigenvalue weighted by Gasteiger charge is 2.28. The molecule has 0 bridgehead atoms. The summed E-state index contributed by atoms with van der Waals surface area (Å²) >= 11 is 1.53. The van der Waals surface area contributed by atoms with Crippen LogP contribution in [0.25, 0.3) is 0 Å². The molecule has 0 saturated carbocycles. The number of nitrogens with zero attached hydrogens (tertiary/aromatic N) is 1. The first-order chi connectivity index (χ1) is 8.38. The molecule has 4 nitrogen and oxygen atoms in total. The molecule has 0 spiro atoms. The maximum absolute atomic E-state index is 11.4. The van der Waals surface area contributed by atoms with Gasteiger partial charge in [0.15, 0.2) is 0 Å². The Labute approximate surface area is 112 Å². The van der Waals surface area contributed by atoms with E-state index in [1.807, 2.05) is 5.38 Å². The smallest absolute Gasteiger partial charge is 0.311 e. The van der Waals surface area contributed by atoms with Crippen LogP contribution in [0, 0.1) is 5.41 Å². The normalized spacial score (nSPS) is 13.4. The van der Waals surface area contributed by atoms with Crippen LogP contribution in [0.15, 0.2) is 5.38 Å². The van der Waals surface area contributed by atoms with Gasteiger partial charge < -0.3 is 9.47 Å². The summed E-state index contributed by atoms with van der Waals surface area (Å²) in [6, 6.07) is 0. The van der Waals surface area contributed by atoms with E-state index in [0.717, 1.165) is 10.7 Å². The van der Waals surface area contributed by atoms with Crippen molar-refractivity contribution in [1.82, 2.24) is 4.98 Å². The van der Waals surface area contributed by atoms with Crippen molar-refractivity contribution < 1.29 is 14.3 Å². The van der Waals surface area contributed by atoms with Crippen LogP contribution in [0.5, 0.6) is 0 Å². The molecular formula is C13H21NO3S. The molecule has 1 aromatic heterocycles. The quantitative estimate of drug-likeness (QED) is 0.772. The Kier molecular flexibility index (Phi) is 5.28. The molecule has 1 heterocycles. The second-order valence-corrected chi connectivity index (χ2v) is 6.03. The predicted octanol–water partition coefficient (Wildman–Crippen LogP) is 2.98. The molecule has 102 valence electrons. The maximum atomic E-state index is 11.4. The second-order valence-electron chi connectivity index (χ2n) is 5.14. The van der Waals surface area contributed by atoms with Gasteiger partial charge in [-0.05, 0) is 12.3 Å². The summed E-state index contributed by atoms with van der Waals surface area (Å²) in [4.78, 5) is 15.8. The molecule has 0 radical (unpaired) electrons. The Balaban J connectivity index is 2.76. The van der Waals surface area contributed by atoms with Gasteiger partial charge in [-0.25, -0.2) is 4.98 Å². The molecule has 1 atom stereocenters. The lowest BCUT2D eigenvalue weighted by molar-refractivity contribution is -0.142. The topological polar surface area (TPSA) is 48.4 Å². The fraction of sp³-hybridized carbons (Fsp3) is 0.692. The summed E-state index contributed by atoms with van der Waals surface area (Å²) in [5.41, 5.74) is 0.730. The number of rotatable bonds is 5. The van der Waals surface area contributed by atoms with Crippen molar-refractivity contribution in [3.63, 3.8) is 0 Å².